The minimum atomic E-state index is -5.08. The molecule has 41 heavy (non-hydrogen) atoms. The van der Waals surface area contributed by atoms with Gasteiger partial charge in [0.25, 0.3) is 5.91 Å². The predicted molar refractivity (Wildman–Crippen MR) is 143 cm³/mol. The Morgan fingerprint density at radius 3 is 2.41 bits per heavy atom. The number of alkyl halides is 3. The molecule has 2 aromatic carbocycles. The predicted octanol–water partition coefficient (Wildman–Crippen LogP) is 4.54. The van der Waals surface area contributed by atoms with E-state index in [0.29, 0.717) is 41.6 Å². The van der Waals surface area contributed by atoms with Gasteiger partial charge in [0.15, 0.2) is 0 Å². The number of hydrogen-bond acceptors (Lipinski definition) is 7. The lowest BCUT2D eigenvalue weighted by Gasteiger charge is -2.32. The Kier molecular flexibility index (Phi) is 8.71. The van der Waals surface area contributed by atoms with Crippen LogP contribution in [-0.4, -0.2) is 88.2 Å². The van der Waals surface area contributed by atoms with Crippen molar-refractivity contribution in [2.45, 2.75) is 6.18 Å². The number of nitrogens with one attached hydrogen (secondary N) is 2. The van der Waals surface area contributed by atoms with Gasteiger partial charge in [0.1, 0.15) is 23.1 Å². The maximum atomic E-state index is 13.5. The van der Waals surface area contributed by atoms with Crippen LogP contribution in [0.5, 0.6) is 5.75 Å². The molecular formula is C27H26F4N6O4. The highest BCUT2D eigenvalue weighted by molar-refractivity contribution is 5.95. The van der Waals surface area contributed by atoms with E-state index in [1.165, 1.54) is 12.1 Å². The third-order valence-electron chi connectivity index (χ3n) is 6.24. The molecule has 0 aliphatic carbocycles. The fourth-order valence-electron chi connectivity index (χ4n) is 4.06. The van der Waals surface area contributed by atoms with Crippen molar-refractivity contribution < 1.29 is 37.0 Å². The lowest BCUT2D eigenvalue weighted by Crippen LogP contribution is -2.47. The number of aromatic nitrogens is 3. The minimum absolute atomic E-state index is 0.00464. The van der Waals surface area contributed by atoms with Crippen LogP contribution in [0.4, 0.5) is 29.1 Å². The third kappa shape index (κ3) is 7.28. The number of benzene rings is 2. The number of fused-ring (bicyclic) bond motifs is 1. The molecule has 1 aliphatic heterocycles. The number of halogens is 4. The number of carbonyl (C=O) groups is 2. The highest BCUT2D eigenvalue weighted by atomic mass is 19.4. The first-order valence-corrected chi connectivity index (χ1v) is 12.3. The Bertz CT molecular complexity index is 1550. The number of piperazine rings is 1. The number of anilines is 2. The molecule has 10 nitrogen and oxygen atoms in total. The molecule has 1 fully saturated rings. The van der Waals surface area contributed by atoms with Gasteiger partial charge in [-0.2, -0.15) is 13.2 Å². The number of aliphatic carboxylic acids is 1. The SMILES string of the molecule is COc1cc(C(=O)N2CCN(C)CC2)ccc1Nc1cncc(-c2cc3cc(F)ccc3[nH]2)n1.O=C(O)C(F)(F)F. The standard InChI is InChI=1S/C25H25FN6O2.C2HF3O2/c1-31-7-9-32(10-8-31)25(33)16-3-5-20(23(13-16)34-2)29-24-15-27-14-22(30-24)21-12-17-11-18(26)4-6-19(17)28-21;3-2(4,5)1(6)7/h3-6,11-15,28H,7-10H2,1-2H3,(H,29,30);(H,6,7). The van der Waals surface area contributed by atoms with Crippen LogP contribution in [0.2, 0.25) is 0 Å². The summed E-state index contributed by atoms with van der Waals surface area (Å²) in [6.07, 6.45) is -1.84. The Hall–Kier alpha value is -4.72. The van der Waals surface area contributed by atoms with Crippen LogP contribution in [0.1, 0.15) is 10.4 Å². The number of ether oxygens (including phenoxy) is 1. The molecule has 1 amide bonds. The second kappa shape index (κ2) is 12.2. The Balaban J connectivity index is 0.000000493. The highest BCUT2D eigenvalue weighted by Gasteiger charge is 2.38. The fraction of sp³-hybridized carbons (Fsp3) is 0.259. The second-order valence-corrected chi connectivity index (χ2v) is 9.14. The third-order valence-corrected chi connectivity index (χ3v) is 6.24. The smallest absolute Gasteiger partial charge is 0.490 e. The van der Waals surface area contributed by atoms with Gasteiger partial charge < -0.3 is 29.9 Å². The zero-order chi connectivity index (χ0) is 29.7. The van der Waals surface area contributed by atoms with E-state index in [0.717, 1.165) is 29.7 Å². The number of carboxylic acid groups (broad SMARTS) is 1. The zero-order valence-electron chi connectivity index (χ0n) is 22.0. The van der Waals surface area contributed by atoms with E-state index in [2.05, 4.69) is 32.2 Å². The van der Waals surface area contributed by atoms with E-state index in [1.807, 2.05) is 17.0 Å². The number of carboxylic acids is 1. The zero-order valence-corrected chi connectivity index (χ0v) is 22.0. The molecule has 0 spiro atoms. The monoisotopic (exact) mass is 574 g/mol. The van der Waals surface area contributed by atoms with Crippen molar-refractivity contribution in [3.05, 3.63) is 66.2 Å². The van der Waals surface area contributed by atoms with E-state index >= 15 is 0 Å². The van der Waals surface area contributed by atoms with Gasteiger partial charge in [-0.15, -0.1) is 0 Å². The maximum Gasteiger partial charge on any atom is 0.490 e. The number of nitrogens with zero attached hydrogens (tertiary/aromatic N) is 4. The Morgan fingerprint density at radius 2 is 1.76 bits per heavy atom. The summed E-state index contributed by atoms with van der Waals surface area (Å²) < 4.78 is 50.8. The molecule has 3 N–H and O–H groups in total. The Labute approximate surface area is 231 Å². The molecule has 2 aromatic heterocycles. The van der Waals surface area contributed by atoms with Crippen LogP contribution in [0.15, 0.2) is 54.9 Å². The summed E-state index contributed by atoms with van der Waals surface area (Å²) in [6, 6.07) is 11.8. The molecule has 5 rings (SSSR count). The van der Waals surface area contributed by atoms with Gasteiger partial charge >= 0.3 is 12.1 Å². The molecule has 0 radical (unpaired) electrons. The van der Waals surface area contributed by atoms with Crippen molar-refractivity contribution in [1.82, 2.24) is 24.8 Å². The highest BCUT2D eigenvalue weighted by Crippen LogP contribution is 2.30. The number of H-pyrrole nitrogens is 1. The summed E-state index contributed by atoms with van der Waals surface area (Å²) in [4.78, 5) is 38.1. The van der Waals surface area contributed by atoms with E-state index in [1.54, 1.807) is 37.7 Å². The quantitative estimate of drug-likeness (QED) is 0.297. The topological polar surface area (TPSA) is 124 Å². The van der Waals surface area contributed by atoms with Crippen molar-refractivity contribution in [2.75, 3.05) is 45.7 Å². The van der Waals surface area contributed by atoms with Crippen LogP contribution in [0.25, 0.3) is 22.3 Å². The normalized spacial score (nSPS) is 13.9. The lowest BCUT2D eigenvalue weighted by atomic mass is 10.1. The summed E-state index contributed by atoms with van der Waals surface area (Å²) in [5.41, 5.74) is 3.41. The van der Waals surface area contributed by atoms with Gasteiger partial charge in [-0.1, -0.05) is 0 Å². The first-order valence-electron chi connectivity index (χ1n) is 12.3. The van der Waals surface area contributed by atoms with Gasteiger partial charge in [-0.05, 0) is 49.5 Å². The first-order chi connectivity index (χ1) is 19.4. The maximum absolute atomic E-state index is 13.5. The summed E-state index contributed by atoms with van der Waals surface area (Å²) >= 11 is 0. The van der Waals surface area contributed by atoms with Crippen molar-refractivity contribution in [3.63, 3.8) is 0 Å². The molecular weight excluding hydrogens is 548 g/mol. The molecule has 0 atom stereocenters. The van der Waals surface area contributed by atoms with Crippen LogP contribution in [-0.2, 0) is 4.79 Å². The molecule has 0 unspecified atom stereocenters. The number of hydrogen-bond donors (Lipinski definition) is 3. The van der Waals surface area contributed by atoms with Gasteiger partial charge in [-0.3, -0.25) is 9.78 Å². The van der Waals surface area contributed by atoms with E-state index in [9.17, 15) is 22.4 Å². The van der Waals surface area contributed by atoms with Crippen LogP contribution in [0, 0.1) is 5.82 Å². The van der Waals surface area contributed by atoms with Crippen molar-refractivity contribution in [1.29, 1.82) is 0 Å². The van der Waals surface area contributed by atoms with Gasteiger partial charge in [-0.25, -0.2) is 14.2 Å². The molecule has 4 aromatic rings. The molecule has 14 heteroatoms. The van der Waals surface area contributed by atoms with Crippen molar-refractivity contribution in [2.24, 2.45) is 0 Å². The summed E-state index contributed by atoms with van der Waals surface area (Å²) in [7, 11) is 3.62. The minimum Gasteiger partial charge on any atom is -0.495 e. The van der Waals surface area contributed by atoms with Gasteiger partial charge in [0, 0.05) is 42.6 Å². The number of aromatic amines is 1. The van der Waals surface area contributed by atoms with Crippen molar-refractivity contribution in [3.8, 4) is 17.1 Å². The van der Waals surface area contributed by atoms with E-state index < -0.39 is 12.1 Å². The van der Waals surface area contributed by atoms with E-state index in [4.69, 9.17) is 14.6 Å². The molecule has 1 aliphatic rings. The number of amides is 1. The van der Waals surface area contributed by atoms with Crippen LogP contribution < -0.4 is 10.1 Å². The molecule has 1 saturated heterocycles. The van der Waals surface area contributed by atoms with Crippen molar-refractivity contribution >= 4 is 34.3 Å². The summed E-state index contributed by atoms with van der Waals surface area (Å²) in [6.45, 7) is 3.15. The average molecular weight is 575 g/mol. The summed E-state index contributed by atoms with van der Waals surface area (Å²) in [5, 5.41) is 11.1. The summed E-state index contributed by atoms with van der Waals surface area (Å²) in [5.74, 6) is -2.00. The fourth-order valence-corrected chi connectivity index (χ4v) is 4.06. The van der Waals surface area contributed by atoms with Crippen LogP contribution >= 0.6 is 0 Å². The first kappa shape index (κ1) is 29.3. The molecule has 3 heterocycles. The number of carbonyl (C=O) groups excluding carboxylic acids is 1. The number of methoxy groups -OCH3 is 1. The van der Waals surface area contributed by atoms with Crippen LogP contribution in [0.3, 0.4) is 0 Å². The molecule has 0 saturated carbocycles. The average Bonchev–Trinajstić information content (AvgIpc) is 3.37. The lowest BCUT2D eigenvalue weighted by molar-refractivity contribution is -0.192. The Morgan fingerprint density at radius 1 is 1.05 bits per heavy atom. The molecule has 0 bridgehead atoms. The largest absolute Gasteiger partial charge is 0.495 e. The van der Waals surface area contributed by atoms with Gasteiger partial charge in [0.05, 0.1) is 30.9 Å². The van der Waals surface area contributed by atoms with E-state index in [-0.39, 0.29) is 11.7 Å². The second-order valence-electron chi connectivity index (χ2n) is 9.14. The number of rotatable bonds is 5. The molecule has 216 valence electrons. The van der Waals surface area contributed by atoms with Gasteiger partial charge in [0.2, 0.25) is 0 Å². The number of likely N-dealkylation sites (N-methyl/N-ethyl adjacent to an activating group) is 1.